The average molecular weight is 298 g/mol. The van der Waals surface area contributed by atoms with Gasteiger partial charge in [0.25, 0.3) is 5.91 Å². The zero-order chi connectivity index (χ0) is 14.9. The van der Waals surface area contributed by atoms with Gasteiger partial charge in [0.15, 0.2) is 17.4 Å². The molecule has 2 aliphatic heterocycles. The molecule has 1 fully saturated rings. The number of carbonyl (C=O) groups is 2. The smallest absolute Gasteiger partial charge is 0.325 e. The number of imide groups is 1. The summed E-state index contributed by atoms with van der Waals surface area (Å²) in [5, 5.41) is 3.28. The normalized spacial score (nSPS) is 25.9. The first kappa shape index (κ1) is 15.2. The first-order valence-electron chi connectivity index (χ1n) is 7.00. The molecule has 2 heterocycles. The summed E-state index contributed by atoms with van der Waals surface area (Å²) in [7, 11) is 1.68. The van der Waals surface area contributed by atoms with Crippen LogP contribution in [0.25, 0.3) is 0 Å². The molecule has 2 aliphatic rings. The first-order valence-corrected chi connectivity index (χ1v) is 7.99. The van der Waals surface area contributed by atoms with E-state index in [4.69, 9.17) is 0 Å². The molecule has 7 heteroatoms. The van der Waals surface area contributed by atoms with E-state index in [9.17, 15) is 9.59 Å². The Morgan fingerprint density at radius 3 is 2.70 bits per heavy atom. The lowest BCUT2D eigenvalue weighted by Gasteiger charge is -2.36. The van der Waals surface area contributed by atoms with Gasteiger partial charge in [-0.25, -0.2) is 9.79 Å². The number of aliphatic imine (C=N–C) groups is 1. The molecule has 112 valence electrons. The molecule has 0 saturated carbocycles. The molecule has 0 spiro atoms. The number of fused-ring (bicyclic) bond motifs is 1. The van der Waals surface area contributed by atoms with Gasteiger partial charge in [-0.3, -0.25) is 10.1 Å². The minimum atomic E-state index is -0.391. The van der Waals surface area contributed by atoms with Crippen molar-refractivity contribution in [3.8, 4) is 0 Å². The van der Waals surface area contributed by atoms with Crippen LogP contribution in [0.1, 0.15) is 27.2 Å². The van der Waals surface area contributed by atoms with Crippen molar-refractivity contribution < 1.29 is 9.59 Å². The monoisotopic (exact) mass is 298 g/mol. The Morgan fingerprint density at radius 1 is 1.40 bits per heavy atom. The number of thioether (sulfide) groups is 1. The number of carbonyl (C=O) groups excluding carboxylic acids is 2. The molecule has 0 aromatic rings. The molecule has 1 saturated heterocycles. The van der Waals surface area contributed by atoms with Crippen LogP contribution in [-0.2, 0) is 4.79 Å². The number of rotatable bonds is 4. The number of hydrogen-bond acceptors (Lipinski definition) is 5. The van der Waals surface area contributed by atoms with Gasteiger partial charge in [-0.15, -0.1) is 0 Å². The molecule has 0 aliphatic carbocycles. The second kappa shape index (κ2) is 6.03. The van der Waals surface area contributed by atoms with E-state index in [2.05, 4.69) is 36.0 Å². The van der Waals surface area contributed by atoms with Gasteiger partial charge >= 0.3 is 6.03 Å². The lowest BCUT2D eigenvalue weighted by molar-refractivity contribution is -0.127. The van der Waals surface area contributed by atoms with Crippen LogP contribution in [0.2, 0.25) is 0 Å². The van der Waals surface area contributed by atoms with Crippen molar-refractivity contribution in [2.24, 2.45) is 10.9 Å². The Kier molecular flexibility index (Phi) is 4.57. The molecule has 20 heavy (non-hydrogen) atoms. The number of nitrogens with one attached hydrogen (secondary N) is 1. The van der Waals surface area contributed by atoms with Gasteiger partial charge in [-0.1, -0.05) is 32.5 Å². The van der Waals surface area contributed by atoms with Gasteiger partial charge in [-0.2, -0.15) is 0 Å². The molecular weight excluding hydrogens is 276 g/mol. The van der Waals surface area contributed by atoms with Crippen molar-refractivity contribution in [1.29, 1.82) is 0 Å². The molecule has 0 aromatic heterocycles. The molecule has 2 atom stereocenters. The maximum Gasteiger partial charge on any atom is 0.325 e. The minimum absolute atomic E-state index is 0.239. The second-order valence-electron chi connectivity index (χ2n) is 5.48. The van der Waals surface area contributed by atoms with Crippen LogP contribution in [0.4, 0.5) is 4.79 Å². The Labute approximate surface area is 124 Å². The number of amidine groups is 1. The molecule has 6 nitrogen and oxygen atoms in total. The van der Waals surface area contributed by atoms with Gasteiger partial charge in [0.05, 0.1) is 0 Å². The summed E-state index contributed by atoms with van der Waals surface area (Å²) in [6.07, 6.45) is 0.606. The maximum atomic E-state index is 12.2. The summed E-state index contributed by atoms with van der Waals surface area (Å²) < 4.78 is 0. The third-order valence-electron chi connectivity index (χ3n) is 3.54. The number of amides is 3. The number of urea groups is 1. The number of likely N-dealkylation sites (N-methyl/N-ethyl adjacent to an activating group) is 1. The molecule has 0 aromatic carbocycles. The minimum Gasteiger partial charge on any atom is -0.336 e. The summed E-state index contributed by atoms with van der Waals surface area (Å²) in [5.74, 6) is 1.22. The predicted molar refractivity (Wildman–Crippen MR) is 80.6 cm³/mol. The van der Waals surface area contributed by atoms with E-state index in [0.717, 1.165) is 23.9 Å². The summed E-state index contributed by atoms with van der Waals surface area (Å²) in [6.45, 7) is 7.17. The topological polar surface area (TPSA) is 65.0 Å². The number of hydrogen-bond donors (Lipinski definition) is 1. The van der Waals surface area contributed by atoms with E-state index in [1.165, 1.54) is 4.90 Å². The Morgan fingerprint density at radius 2 is 2.10 bits per heavy atom. The van der Waals surface area contributed by atoms with E-state index >= 15 is 0 Å². The molecule has 0 radical (unpaired) electrons. The van der Waals surface area contributed by atoms with Crippen LogP contribution in [0, 0.1) is 5.92 Å². The lowest BCUT2D eigenvalue weighted by atomic mass is 10.1. The van der Waals surface area contributed by atoms with E-state index in [1.807, 2.05) is 0 Å². The largest absolute Gasteiger partial charge is 0.336 e. The van der Waals surface area contributed by atoms with Crippen molar-refractivity contribution in [1.82, 2.24) is 15.1 Å². The van der Waals surface area contributed by atoms with Crippen LogP contribution in [0.5, 0.6) is 0 Å². The second-order valence-corrected chi connectivity index (χ2v) is 6.72. The highest BCUT2D eigenvalue weighted by Gasteiger charge is 2.48. The van der Waals surface area contributed by atoms with Crippen molar-refractivity contribution in [2.45, 2.75) is 39.4 Å². The van der Waals surface area contributed by atoms with Gasteiger partial charge in [0.2, 0.25) is 0 Å². The fraction of sp³-hybridized carbons (Fsp3) is 0.769. The summed E-state index contributed by atoms with van der Waals surface area (Å²) >= 11 is 1.63. The van der Waals surface area contributed by atoms with Crippen LogP contribution < -0.4 is 5.32 Å². The van der Waals surface area contributed by atoms with Crippen molar-refractivity contribution in [3.63, 3.8) is 0 Å². The van der Waals surface area contributed by atoms with Crippen molar-refractivity contribution in [3.05, 3.63) is 0 Å². The maximum absolute atomic E-state index is 12.2. The van der Waals surface area contributed by atoms with E-state index in [0.29, 0.717) is 5.92 Å². The lowest BCUT2D eigenvalue weighted by Crippen LogP contribution is -2.63. The van der Waals surface area contributed by atoms with Gasteiger partial charge in [-0.05, 0) is 18.1 Å². The highest BCUT2D eigenvalue weighted by molar-refractivity contribution is 8.13. The zero-order valence-electron chi connectivity index (χ0n) is 12.4. The summed E-state index contributed by atoms with van der Waals surface area (Å²) in [5.41, 5.74) is 0. The first-order chi connectivity index (χ1) is 9.45. The van der Waals surface area contributed by atoms with Crippen LogP contribution in [0.15, 0.2) is 4.99 Å². The summed E-state index contributed by atoms with van der Waals surface area (Å²) in [4.78, 5) is 32.0. The molecule has 1 N–H and O–H groups in total. The predicted octanol–water partition coefficient (Wildman–Crippen LogP) is 1.33. The molecule has 2 unspecified atom stereocenters. The Hall–Kier alpha value is -1.24. The van der Waals surface area contributed by atoms with Gasteiger partial charge in [0, 0.05) is 13.6 Å². The fourth-order valence-electron chi connectivity index (χ4n) is 2.38. The highest BCUT2D eigenvalue weighted by atomic mass is 32.2. The van der Waals surface area contributed by atoms with Crippen molar-refractivity contribution in [2.75, 3.05) is 19.3 Å². The molecule has 2 rings (SSSR count). The third kappa shape index (κ3) is 2.77. The average Bonchev–Trinajstić information content (AvgIpc) is 2.73. The molecule has 0 bridgehead atoms. The fourth-order valence-corrected chi connectivity index (χ4v) is 3.19. The van der Waals surface area contributed by atoms with Crippen molar-refractivity contribution >= 4 is 28.9 Å². The third-order valence-corrected chi connectivity index (χ3v) is 4.43. The number of nitrogens with zero attached hydrogens (tertiary/aromatic N) is 3. The molecular formula is C13H22N4O2S. The van der Waals surface area contributed by atoms with E-state index in [1.54, 1.807) is 18.8 Å². The van der Waals surface area contributed by atoms with Crippen LogP contribution in [-0.4, -0.2) is 58.5 Å². The van der Waals surface area contributed by atoms with Crippen LogP contribution >= 0.6 is 11.8 Å². The Balaban J connectivity index is 2.22. The van der Waals surface area contributed by atoms with E-state index in [-0.39, 0.29) is 18.0 Å². The van der Waals surface area contributed by atoms with E-state index < -0.39 is 6.17 Å². The Bertz CT molecular complexity index is 438. The quantitative estimate of drug-likeness (QED) is 0.850. The SMILES string of the molecule is CCSC1=NC2C(C(=O)NC(=O)N2C)N1CCC(C)C. The molecule has 3 amide bonds. The zero-order valence-corrected chi connectivity index (χ0v) is 13.2. The van der Waals surface area contributed by atoms with Gasteiger partial charge < -0.3 is 9.80 Å². The highest BCUT2D eigenvalue weighted by Crippen LogP contribution is 2.28. The standard InChI is InChI=1S/C13H22N4O2S/c1-5-20-13-14-10-9(17(13)7-6-8(2)3)11(18)15-12(19)16(10)4/h8-10H,5-7H2,1-4H3,(H,15,18,19). The van der Waals surface area contributed by atoms with Gasteiger partial charge in [0.1, 0.15) is 0 Å². The summed E-state index contributed by atoms with van der Waals surface area (Å²) in [6, 6.07) is -0.753. The van der Waals surface area contributed by atoms with Crippen LogP contribution in [0.3, 0.4) is 0 Å².